The highest BCUT2D eigenvalue weighted by Crippen LogP contribution is 2.31. The number of fused-ring (bicyclic) bond motifs is 3. The molecule has 4 aromatic rings. The number of nitrogens with two attached hydrogens (primary N) is 1. The van der Waals surface area contributed by atoms with Gasteiger partial charge in [-0.15, -0.1) is 0 Å². The molecule has 5 rings (SSSR count). The van der Waals surface area contributed by atoms with Gasteiger partial charge in [-0.25, -0.2) is 4.98 Å². The molecule has 7 heteroatoms. The standard InChI is InChI=1S/C26H26N6O/c1-2-18-16-23(32-22-11-7-6-10-21(22)29-26(32)20(18)17-27)30-12-14-31(15-13-30)24(25(28)33)19-8-4-3-5-9-19/h3-11,16,24H,2,12-15H2,1H3,(H2,28,33)/t24-/m1/s1. The van der Waals surface area contributed by atoms with E-state index in [-0.39, 0.29) is 5.91 Å². The minimum Gasteiger partial charge on any atom is -0.368 e. The third kappa shape index (κ3) is 3.59. The van der Waals surface area contributed by atoms with Crippen molar-refractivity contribution in [3.05, 3.63) is 77.4 Å². The van der Waals surface area contributed by atoms with Gasteiger partial charge in [-0.05, 0) is 35.7 Å². The first kappa shape index (κ1) is 21.0. The molecule has 1 aliphatic heterocycles. The van der Waals surface area contributed by atoms with Crippen LogP contribution in [0.3, 0.4) is 0 Å². The maximum Gasteiger partial charge on any atom is 0.239 e. The summed E-state index contributed by atoms with van der Waals surface area (Å²) in [4.78, 5) is 21.6. The van der Waals surface area contributed by atoms with E-state index in [1.165, 1.54) is 0 Å². The average molecular weight is 439 g/mol. The van der Waals surface area contributed by atoms with Crippen LogP contribution in [0.25, 0.3) is 16.7 Å². The number of aryl methyl sites for hydroxylation is 1. The summed E-state index contributed by atoms with van der Waals surface area (Å²) < 4.78 is 2.10. The minimum atomic E-state index is -0.436. The molecule has 0 bridgehead atoms. The zero-order valence-corrected chi connectivity index (χ0v) is 18.6. The van der Waals surface area contributed by atoms with Crippen molar-refractivity contribution < 1.29 is 4.79 Å². The number of hydrogen-bond donors (Lipinski definition) is 1. The lowest BCUT2D eigenvalue weighted by atomic mass is 10.0. The van der Waals surface area contributed by atoms with Crippen LogP contribution in [0.4, 0.5) is 5.82 Å². The predicted molar refractivity (Wildman–Crippen MR) is 129 cm³/mol. The molecule has 166 valence electrons. The number of para-hydroxylation sites is 2. The number of primary amides is 1. The van der Waals surface area contributed by atoms with E-state index >= 15 is 0 Å². The van der Waals surface area contributed by atoms with Crippen LogP contribution in [0.2, 0.25) is 0 Å². The van der Waals surface area contributed by atoms with Crippen LogP contribution in [0.5, 0.6) is 0 Å². The molecule has 2 aromatic carbocycles. The second-order valence-electron chi connectivity index (χ2n) is 8.37. The van der Waals surface area contributed by atoms with Crippen LogP contribution in [-0.4, -0.2) is 46.4 Å². The van der Waals surface area contributed by atoms with Gasteiger partial charge in [-0.1, -0.05) is 49.4 Å². The summed E-state index contributed by atoms with van der Waals surface area (Å²) in [5.41, 5.74) is 10.9. The van der Waals surface area contributed by atoms with Crippen molar-refractivity contribution in [3.8, 4) is 6.07 Å². The SMILES string of the molecule is CCc1cc(N2CCN([C@@H](C(N)=O)c3ccccc3)CC2)n2c(nc3ccccc32)c1C#N. The molecule has 0 radical (unpaired) electrons. The number of anilines is 1. The number of rotatable bonds is 5. The maximum absolute atomic E-state index is 12.3. The molecule has 2 N–H and O–H groups in total. The van der Waals surface area contributed by atoms with Crippen LogP contribution in [0.1, 0.15) is 29.7 Å². The van der Waals surface area contributed by atoms with Crippen molar-refractivity contribution in [2.45, 2.75) is 19.4 Å². The van der Waals surface area contributed by atoms with Gasteiger partial charge in [0.15, 0.2) is 5.65 Å². The molecule has 33 heavy (non-hydrogen) atoms. The van der Waals surface area contributed by atoms with Gasteiger partial charge in [0, 0.05) is 26.2 Å². The second-order valence-corrected chi connectivity index (χ2v) is 8.37. The number of imidazole rings is 1. The van der Waals surface area contributed by atoms with Gasteiger partial charge in [0.25, 0.3) is 0 Å². The molecular formula is C26H26N6O. The first-order valence-corrected chi connectivity index (χ1v) is 11.3. The number of piperazine rings is 1. The van der Waals surface area contributed by atoms with Crippen molar-refractivity contribution in [2.75, 3.05) is 31.1 Å². The molecular weight excluding hydrogens is 412 g/mol. The number of carbonyl (C=O) groups excluding carboxylic acids is 1. The zero-order valence-electron chi connectivity index (χ0n) is 18.6. The van der Waals surface area contributed by atoms with E-state index < -0.39 is 6.04 Å². The highest BCUT2D eigenvalue weighted by molar-refractivity contribution is 5.85. The summed E-state index contributed by atoms with van der Waals surface area (Å²) in [6.45, 7) is 4.96. The lowest BCUT2D eigenvalue weighted by Crippen LogP contribution is -2.50. The number of carbonyl (C=O) groups is 1. The Morgan fingerprint density at radius 2 is 1.79 bits per heavy atom. The molecule has 1 amide bonds. The van der Waals surface area contributed by atoms with Gasteiger partial charge in [-0.2, -0.15) is 5.26 Å². The number of nitriles is 1. The van der Waals surface area contributed by atoms with Gasteiger partial charge in [0.1, 0.15) is 17.9 Å². The number of nitrogens with zero attached hydrogens (tertiary/aromatic N) is 5. The third-order valence-electron chi connectivity index (χ3n) is 6.52. The quantitative estimate of drug-likeness (QED) is 0.516. The molecule has 0 aliphatic carbocycles. The Labute approximate surface area is 192 Å². The summed E-state index contributed by atoms with van der Waals surface area (Å²) in [5.74, 6) is 0.703. The van der Waals surface area contributed by atoms with E-state index in [4.69, 9.17) is 10.7 Å². The first-order valence-electron chi connectivity index (χ1n) is 11.3. The van der Waals surface area contributed by atoms with Crippen LogP contribution in [0.15, 0.2) is 60.7 Å². The summed E-state index contributed by atoms with van der Waals surface area (Å²) in [6, 6.07) is 21.8. The van der Waals surface area contributed by atoms with Gasteiger partial charge >= 0.3 is 0 Å². The fourth-order valence-corrected chi connectivity index (χ4v) is 4.89. The minimum absolute atomic E-state index is 0.329. The summed E-state index contributed by atoms with van der Waals surface area (Å²) in [7, 11) is 0. The fraction of sp³-hybridized carbons (Fsp3) is 0.269. The van der Waals surface area contributed by atoms with Gasteiger partial charge in [0.2, 0.25) is 5.91 Å². The predicted octanol–water partition coefficient (Wildman–Crippen LogP) is 3.27. The summed E-state index contributed by atoms with van der Waals surface area (Å²) in [6.07, 6.45) is 0.757. The van der Waals surface area contributed by atoms with E-state index in [9.17, 15) is 10.1 Å². The lowest BCUT2D eigenvalue weighted by molar-refractivity contribution is -0.123. The molecule has 0 spiro atoms. The van der Waals surface area contributed by atoms with Crippen molar-refractivity contribution in [1.29, 1.82) is 5.26 Å². The highest BCUT2D eigenvalue weighted by atomic mass is 16.1. The van der Waals surface area contributed by atoms with Crippen molar-refractivity contribution in [2.24, 2.45) is 5.73 Å². The van der Waals surface area contributed by atoms with Crippen LogP contribution < -0.4 is 10.6 Å². The molecule has 0 unspecified atom stereocenters. The van der Waals surface area contributed by atoms with Gasteiger partial charge < -0.3 is 10.6 Å². The van der Waals surface area contributed by atoms with Crippen molar-refractivity contribution in [3.63, 3.8) is 0 Å². The molecule has 7 nitrogen and oxygen atoms in total. The normalized spacial score (nSPS) is 15.6. The van der Waals surface area contributed by atoms with E-state index in [0.29, 0.717) is 24.3 Å². The number of hydrogen-bond acceptors (Lipinski definition) is 5. The lowest BCUT2D eigenvalue weighted by Gasteiger charge is -2.39. The maximum atomic E-state index is 12.3. The zero-order chi connectivity index (χ0) is 22.9. The van der Waals surface area contributed by atoms with Crippen molar-refractivity contribution >= 4 is 28.4 Å². The smallest absolute Gasteiger partial charge is 0.239 e. The Morgan fingerprint density at radius 1 is 1.09 bits per heavy atom. The Kier molecular flexibility index (Phi) is 5.45. The Hall–Kier alpha value is -3.89. The second kappa shape index (κ2) is 8.57. The molecule has 1 fully saturated rings. The molecule has 3 heterocycles. The topological polar surface area (TPSA) is 90.7 Å². The molecule has 1 aliphatic rings. The number of aromatic nitrogens is 2. The van der Waals surface area contributed by atoms with E-state index in [2.05, 4.69) is 33.3 Å². The summed E-state index contributed by atoms with van der Waals surface area (Å²) >= 11 is 0. The number of benzene rings is 2. The highest BCUT2D eigenvalue weighted by Gasteiger charge is 2.30. The van der Waals surface area contributed by atoms with Crippen LogP contribution >= 0.6 is 0 Å². The number of amides is 1. The third-order valence-corrected chi connectivity index (χ3v) is 6.52. The average Bonchev–Trinajstić information content (AvgIpc) is 3.23. The van der Waals surface area contributed by atoms with E-state index in [1.807, 2.05) is 54.6 Å². The summed E-state index contributed by atoms with van der Waals surface area (Å²) in [5, 5.41) is 9.86. The Bertz CT molecular complexity index is 1360. The largest absolute Gasteiger partial charge is 0.368 e. The number of pyridine rings is 1. The van der Waals surface area contributed by atoms with E-state index in [0.717, 1.165) is 47.5 Å². The molecule has 0 saturated carbocycles. The molecule has 1 atom stereocenters. The van der Waals surface area contributed by atoms with E-state index in [1.54, 1.807) is 0 Å². The molecule has 1 saturated heterocycles. The Balaban J connectivity index is 1.52. The Morgan fingerprint density at radius 3 is 2.45 bits per heavy atom. The monoisotopic (exact) mass is 438 g/mol. The van der Waals surface area contributed by atoms with Crippen molar-refractivity contribution in [1.82, 2.24) is 14.3 Å². The first-order chi connectivity index (χ1) is 16.1. The van der Waals surface area contributed by atoms with Gasteiger partial charge in [-0.3, -0.25) is 14.1 Å². The van der Waals surface area contributed by atoms with Gasteiger partial charge in [0.05, 0.1) is 16.6 Å². The van der Waals surface area contributed by atoms with Crippen LogP contribution in [-0.2, 0) is 11.2 Å². The fourth-order valence-electron chi connectivity index (χ4n) is 4.89. The molecule has 2 aromatic heterocycles. The van der Waals surface area contributed by atoms with Crippen LogP contribution in [0, 0.1) is 11.3 Å².